The van der Waals surface area contributed by atoms with Gasteiger partial charge in [-0.2, -0.15) is 5.10 Å². The van der Waals surface area contributed by atoms with E-state index in [1.165, 1.54) is 12.5 Å². The summed E-state index contributed by atoms with van der Waals surface area (Å²) in [6.45, 7) is 0.235. The minimum atomic E-state index is -3.59. The molecule has 2 aromatic heterocycles. The van der Waals surface area contributed by atoms with Gasteiger partial charge in [-0.1, -0.05) is 0 Å². The molecule has 0 bridgehead atoms. The molecule has 0 saturated heterocycles. The summed E-state index contributed by atoms with van der Waals surface area (Å²) in [4.78, 5) is 7.05. The second kappa shape index (κ2) is 5.19. The number of hydrogen-bond acceptors (Lipinski definition) is 5. The maximum absolute atomic E-state index is 12.3. The highest BCUT2D eigenvalue weighted by molar-refractivity contribution is 7.89. The Kier molecular flexibility index (Phi) is 3.35. The fourth-order valence-electron chi connectivity index (χ4n) is 2.07. The Morgan fingerprint density at radius 1 is 1.33 bits per heavy atom. The van der Waals surface area contributed by atoms with Gasteiger partial charge in [0, 0.05) is 35.8 Å². The molecular weight excluding hydrogens is 292 g/mol. The average molecular weight is 306 g/mol. The molecule has 0 aliphatic heterocycles. The van der Waals surface area contributed by atoms with Crippen LogP contribution in [0.15, 0.2) is 35.6 Å². The number of aromatic amines is 2. The fourth-order valence-corrected chi connectivity index (χ4v) is 3.28. The number of H-pyrrole nitrogens is 2. The van der Waals surface area contributed by atoms with Gasteiger partial charge in [-0.25, -0.2) is 18.1 Å². The number of nitrogens with two attached hydrogens (primary N) is 1. The fraction of sp³-hybridized carbons (Fsp3) is 0.167. The highest BCUT2D eigenvalue weighted by atomic mass is 32.2. The largest absolute Gasteiger partial charge is 0.399 e. The van der Waals surface area contributed by atoms with Gasteiger partial charge in [0.2, 0.25) is 10.0 Å². The smallest absolute Gasteiger partial charge is 0.242 e. The zero-order chi connectivity index (χ0) is 14.9. The quantitative estimate of drug-likeness (QED) is 0.507. The molecule has 0 atom stereocenters. The van der Waals surface area contributed by atoms with E-state index in [1.807, 2.05) is 0 Å². The first kappa shape index (κ1) is 13.6. The van der Waals surface area contributed by atoms with E-state index in [-0.39, 0.29) is 11.4 Å². The van der Waals surface area contributed by atoms with Crippen molar-refractivity contribution >= 4 is 26.6 Å². The number of hydrogen-bond donors (Lipinski definition) is 4. The lowest BCUT2D eigenvalue weighted by Gasteiger charge is -2.04. The van der Waals surface area contributed by atoms with E-state index < -0.39 is 10.0 Å². The Balaban J connectivity index is 1.80. The minimum Gasteiger partial charge on any atom is -0.399 e. The van der Waals surface area contributed by atoms with Crippen molar-refractivity contribution < 1.29 is 8.42 Å². The molecule has 1 aromatic carbocycles. The number of nitrogen functional groups attached to an aromatic ring is 1. The van der Waals surface area contributed by atoms with Gasteiger partial charge in [0.05, 0.1) is 0 Å². The SMILES string of the molecule is Nc1ccc2c(S(=O)(=O)NCCc3ncn[nH]3)c[nH]c2c1. The summed E-state index contributed by atoms with van der Waals surface area (Å²) in [5.74, 6) is 0.629. The van der Waals surface area contributed by atoms with Gasteiger partial charge in [-0.15, -0.1) is 0 Å². The summed E-state index contributed by atoms with van der Waals surface area (Å²) in [5.41, 5.74) is 6.94. The van der Waals surface area contributed by atoms with Gasteiger partial charge >= 0.3 is 0 Å². The second-order valence-corrected chi connectivity index (χ2v) is 6.27. The van der Waals surface area contributed by atoms with Crippen molar-refractivity contribution in [3.63, 3.8) is 0 Å². The molecule has 21 heavy (non-hydrogen) atoms. The van der Waals surface area contributed by atoms with E-state index in [0.717, 1.165) is 0 Å². The van der Waals surface area contributed by atoms with E-state index in [2.05, 4.69) is 24.9 Å². The lowest BCUT2D eigenvalue weighted by atomic mass is 10.2. The molecule has 3 rings (SSSR count). The van der Waals surface area contributed by atoms with Gasteiger partial charge < -0.3 is 10.7 Å². The van der Waals surface area contributed by atoms with Crippen molar-refractivity contribution in [2.75, 3.05) is 12.3 Å². The van der Waals surface area contributed by atoms with Crippen molar-refractivity contribution in [1.29, 1.82) is 0 Å². The van der Waals surface area contributed by atoms with Gasteiger partial charge in [-0.3, -0.25) is 5.10 Å². The molecule has 0 spiro atoms. The molecular formula is C12H14N6O2S. The lowest BCUT2D eigenvalue weighted by molar-refractivity contribution is 0.582. The van der Waals surface area contributed by atoms with Crippen LogP contribution in [0.3, 0.4) is 0 Å². The Bertz CT molecular complexity index is 853. The number of rotatable bonds is 5. The van der Waals surface area contributed by atoms with Crippen LogP contribution in [0.2, 0.25) is 0 Å². The average Bonchev–Trinajstić information content (AvgIpc) is 3.06. The normalized spacial score (nSPS) is 12.0. The van der Waals surface area contributed by atoms with E-state index in [9.17, 15) is 8.42 Å². The van der Waals surface area contributed by atoms with Crippen molar-refractivity contribution in [2.24, 2.45) is 0 Å². The second-order valence-electron chi connectivity index (χ2n) is 4.54. The molecule has 5 N–H and O–H groups in total. The highest BCUT2D eigenvalue weighted by Crippen LogP contribution is 2.24. The summed E-state index contributed by atoms with van der Waals surface area (Å²) in [5, 5.41) is 6.99. The van der Waals surface area contributed by atoms with Crippen LogP contribution in [-0.2, 0) is 16.4 Å². The highest BCUT2D eigenvalue weighted by Gasteiger charge is 2.18. The van der Waals surface area contributed by atoms with Crippen molar-refractivity contribution in [3.05, 3.63) is 36.5 Å². The van der Waals surface area contributed by atoms with Crippen LogP contribution in [0.1, 0.15) is 5.82 Å². The van der Waals surface area contributed by atoms with Crippen molar-refractivity contribution in [3.8, 4) is 0 Å². The first-order valence-electron chi connectivity index (χ1n) is 6.27. The summed E-state index contributed by atoms with van der Waals surface area (Å²) in [6, 6.07) is 5.05. The molecule has 110 valence electrons. The first-order valence-corrected chi connectivity index (χ1v) is 7.75. The number of nitrogens with one attached hydrogen (secondary N) is 3. The summed E-state index contributed by atoms with van der Waals surface area (Å²) >= 11 is 0. The van der Waals surface area contributed by atoms with Crippen LogP contribution in [-0.4, -0.2) is 35.1 Å². The van der Waals surface area contributed by atoms with Crippen molar-refractivity contribution in [1.82, 2.24) is 24.9 Å². The lowest BCUT2D eigenvalue weighted by Crippen LogP contribution is -2.26. The van der Waals surface area contributed by atoms with Crippen molar-refractivity contribution in [2.45, 2.75) is 11.3 Å². The number of aromatic nitrogens is 4. The molecule has 8 nitrogen and oxygen atoms in total. The molecule has 0 fully saturated rings. The van der Waals surface area contributed by atoms with Gasteiger partial charge in [0.1, 0.15) is 17.0 Å². The predicted octanol–water partition coefficient (Wildman–Crippen LogP) is 0.389. The summed E-state index contributed by atoms with van der Waals surface area (Å²) in [6.07, 6.45) is 3.28. The third kappa shape index (κ3) is 2.73. The van der Waals surface area contributed by atoms with Crippen LogP contribution in [0.25, 0.3) is 10.9 Å². The Morgan fingerprint density at radius 2 is 2.19 bits per heavy atom. The van der Waals surface area contributed by atoms with Gasteiger partial charge in [0.15, 0.2) is 0 Å². The molecule has 9 heteroatoms. The van der Waals surface area contributed by atoms with Crippen LogP contribution in [0.5, 0.6) is 0 Å². The molecule has 0 aliphatic carbocycles. The third-order valence-electron chi connectivity index (χ3n) is 3.08. The van der Waals surface area contributed by atoms with Crippen LogP contribution in [0.4, 0.5) is 5.69 Å². The Hall–Kier alpha value is -2.39. The summed E-state index contributed by atoms with van der Waals surface area (Å²) in [7, 11) is -3.59. The van der Waals surface area contributed by atoms with Crippen LogP contribution >= 0.6 is 0 Å². The molecule has 0 amide bonds. The topological polar surface area (TPSA) is 130 Å². The third-order valence-corrected chi connectivity index (χ3v) is 4.58. The Morgan fingerprint density at radius 3 is 2.95 bits per heavy atom. The monoisotopic (exact) mass is 306 g/mol. The Labute approximate surface area is 120 Å². The number of anilines is 1. The predicted molar refractivity (Wildman–Crippen MR) is 78.0 cm³/mol. The zero-order valence-corrected chi connectivity index (χ0v) is 11.8. The maximum atomic E-state index is 12.3. The number of nitrogens with zero attached hydrogens (tertiary/aromatic N) is 2. The standard InChI is InChI=1S/C12H14N6O2S/c13-8-1-2-9-10(5-8)14-6-11(9)21(19,20)17-4-3-12-15-7-16-18-12/h1-2,5-7,14,17H,3-4,13H2,(H,15,16,18). The zero-order valence-electron chi connectivity index (χ0n) is 11.0. The number of fused-ring (bicyclic) bond motifs is 1. The maximum Gasteiger partial charge on any atom is 0.242 e. The molecule has 3 aromatic rings. The van der Waals surface area contributed by atoms with E-state index in [1.54, 1.807) is 18.2 Å². The molecule has 0 unspecified atom stereocenters. The van der Waals surface area contributed by atoms with Crippen LogP contribution < -0.4 is 10.5 Å². The van der Waals surface area contributed by atoms with E-state index >= 15 is 0 Å². The van der Waals surface area contributed by atoms with E-state index in [0.29, 0.717) is 28.8 Å². The molecule has 0 aliphatic rings. The first-order chi connectivity index (χ1) is 10.1. The van der Waals surface area contributed by atoms with E-state index in [4.69, 9.17) is 5.73 Å². The molecule has 2 heterocycles. The summed E-state index contributed by atoms with van der Waals surface area (Å²) < 4.78 is 27.2. The van der Waals surface area contributed by atoms with Crippen LogP contribution in [0, 0.1) is 0 Å². The van der Waals surface area contributed by atoms with Gasteiger partial charge in [-0.05, 0) is 18.2 Å². The number of sulfonamides is 1. The van der Waals surface area contributed by atoms with Gasteiger partial charge in [0.25, 0.3) is 0 Å². The molecule has 0 radical (unpaired) electrons. The molecule has 0 saturated carbocycles. The number of benzene rings is 1. The minimum absolute atomic E-state index is 0.204.